The van der Waals surface area contributed by atoms with Gasteiger partial charge in [-0.25, -0.2) is 4.98 Å². The summed E-state index contributed by atoms with van der Waals surface area (Å²) >= 11 is 9.84. The summed E-state index contributed by atoms with van der Waals surface area (Å²) in [7, 11) is 0. The molecule has 0 aliphatic carbocycles. The highest BCUT2D eigenvalue weighted by Crippen LogP contribution is 2.37. The van der Waals surface area contributed by atoms with Crippen LogP contribution in [0.3, 0.4) is 0 Å². The molecule has 1 N–H and O–H groups in total. The van der Waals surface area contributed by atoms with Crippen LogP contribution in [-0.2, 0) is 4.79 Å². The number of benzene rings is 2. The molecule has 0 aliphatic rings. The number of anilines is 1. The minimum atomic E-state index is -0.191. The lowest BCUT2D eigenvalue weighted by Crippen LogP contribution is -2.08. The number of hydrogen-bond acceptors (Lipinski definition) is 2. The quantitative estimate of drug-likeness (QED) is 0.690. The number of amides is 1. The average molecular weight is 391 g/mol. The normalized spacial score (nSPS) is 10.6. The van der Waals surface area contributed by atoms with Gasteiger partial charge in [0, 0.05) is 18.2 Å². The van der Waals surface area contributed by atoms with Gasteiger partial charge in [0.05, 0.1) is 10.7 Å². The zero-order chi connectivity index (χ0) is 16.4. The molecule has 0 saturated heterocycles. The van der Waals surface area contributed by atoms with Crippen LogP contribution in [0.15, 0.2) is 59.3 Å². The molecule has 0 bridgehead atoms. The first-order chi connectivity index (χ1) is 11.1. The Morgan fingerprint density at radius 2 is 1.78 bits per heavy atom. The Morgan fingerprint density at radius 1 is 1.13 bits per heavy atom. The molecular formula is C17H13BrClN3O. The van der Waals surface area contributed by atoms with E-state index in [-0.39, 0.29) is 5.91 Å². The van der Waals surface area contributed by atoms with Crippen LogP contribution in [0.5, 0.6) is 0 Å². The van der Waals surface area contributed by atoms with Crippen LogP contribution < -0.4 is 5.32 Å². The first kappa shape index (κ1) is 15.8. The number of para-hydroxylation sites is 1. The molecule has 1 amide bonds. The molecule has 1 heterocycles. The Labute approximate surface area is 147 Å². The van der Waals surface area contributed by atoms with Crippen molar-refractivity contribution in [3.63, 3.8) is 0 Å². The van der Waals surface area contributed by atoms with Gasteiger partial charge in [0.2, 0.25) is 5.91 Å². The third-order valence-corrected chi connectivity index (χ3v) is 4.14. The van der Waals surface area contributed by atoms with Crippen molar-refractivity contribution in [3.8, 4) is 16.9 Å². The van der Waals surface area contributed by atoms with Crippen molar-refractivity contribution in [1.82, 2.24) is 9.55 Å². The van der Waals surface area contributed by atoms with Gasteiger partial charge < -0.3 is 5.32 Å². The van der Waals surface area contributed by atoms with E-state index in [1.54, 1.807) is 0 Å². The third kappa shape index (κ3) is 3.16. The number of nitrogens with one attached hydrogen (secondary N) is 1. The molecule has 0 unspecified atom stereocenters. The second-order valence-electron chi connectivity index (χ2n) is 4.91. The van der Waals surface area contributed by atoms with Crippen LogP contribution in [0.25, 0.3) is 16.9 Å². The SMILES string of the molecule is CC(=O)Nc1nc(Br)n(-c2ccccc2)c1-c1ccccc1Cl. The first-order valence-corrected chi connectivity index (χ1v) is 8.11. The Hall–Kier alpha value is -2.11. The molecule has 0 saturated carbocycles. The van der Waals surface area contributed by atoms with Crippen molar-refractivity contribution in [2.45, 2.75) is 6.92 Å². The number of carbonyl (C=O) groups excluding carboxylic acids is 1. The summed E-state index contributed by atoms with van der Waals surface area (Å²) in [5, 5.41) is 3.36. The van der Waals surface area contributed by atoms with Gasteiger partial charge in [0.25, 0.3) is 0 Å². The molecule has 1 aromatic heterocycles. The maximum Gasteiger partial charge on any atom is 0.222 e. The van der Waals surface area contributed by atoms with Gasteiger partial charge in [-0.05, 0) is 34.1 Å². The summed E-state index contributed by atoms with van der Waals surface area (Å²) in [6.45, 7) is 1.45. The van der Waals surface area contributed by atoms with Gasteiger partial charge in [-0.3, -0.25) is 9.36 Å². The predicted molar refractivity (Wildman–Crippen MR) is 96.0 cm³/mol. The number of rotatable bonds is 3. The van der Waals surface area contributed by atoms with Crippen LogP contribution >= 0.6 is 27.5 Å². The highest BCUT2D eigenvalue weighted by molar-refractivity contribution is 9.10. The van der Waals surface area contributed by atoms with Crippen LogP contribution in [0.4, 0.5) is 5.82 Å². The predicted octanol–water partition coefficient (Wildman–Crippen LogP) is 4.91. The fraction of sp³-hybridized carbons (Fsp3) is 0.0588. The smallest absolute Gasteiger partial charge is 0.222 e. The van der Waals surface area contributed by atoms with Crippen molar-refractivity contribution in [2.24, 2.45) is 0 Å². The number of hydrogen-bond donors (Lipinski definition) is 1. The lowest BCUT2D eigenvalue weighted by Gasteiger charge is -2.12. The van der Waals surface area contributed by atoms with Gasteiger partial charge in [-0.2, -0.15) is 0 Å². The fourth-order valence-corrected chi connectivity index (χ4v) is 3.15. The molecule has 3 aromatic rings. The van der Waals surface area contributed by atoms with Crippen LogP contribution in [0.1, 0.15) is 6.92 Å². The molecule has 0 atom stereocenters. The zero-order valence-electron chi connectivity index (χ0n) is 12.3. The fourth-order valence-electron chi connectivity index (χ4n) is 2.36. The summed E-state index contributed by atoms with van der Waals surface area (Å²) in [5.41, 5.74) is 2.43. The van der Waals surface area contributed by atoms with Gasteiger partial charge in [-0.15, -0.1) is 0 Å². The second kappa shape index (κ2) is 6.56. The van der Waals surface area contributed by atoms with E-state index < -0.39 is 0 Å². The molecule has 2 aromatic carbocycles. The lowest BCUT2D eigenvalue weighted by atomic mass is 10.1. The molecule has 0 fully saturated rings. The number of halogens is 2. The minimum absolute atomic E-state index is 0.191. The van der Waals surface area contributed by atoms with E-state index in [1.165, 1.54) is 6.92 Å². The van der Waals surface area contributed by atoms with E-state index in [0.29, 0.717) is 15.6 Å². The minimum Gasteiger partial charge on any atom is -0.309 e. The van der Waals surface area contributed by atoms with Crippen LogP contribution in [0.2, 0.25) is 5.02 Å². The number of carbonyl (C=O) groups is 1. The second-order valence-corrected chi connectivity index (χ2v) is 6.03. The molecule has 6 heteroatoms. The molecular weight excluding hydrogens is 378 g/mol. The molecule has 116 valence electrons. The molecule has 3 rings (SSSR count). The topological polar surface area (TPSA) is 46.9 Å². The van der Waals surface area contributed by atoms with Crippen molar-refractivity contribution in [2.75, 3.05) is 5.32 Å². The lowest BCUT2D eigenvalue weighted by molar-refractivity contribution is -0.114. The van der Waals surface area contributed by atoms with Gasteiger partial charge in [0.1, 0.15) is 0 Å². The Balaban J connectivity index is 2.30. The van der Waals surface area contributed by atoms with Gasteiger partial charge in [0.15, 0.2) is 10.6 Å². The molecule has 0 aliphatic heterocycles. The van der Waals surface area contributed by atoms with Crippen molar-refractivity contribution in [3.05, 3.63) is 64.4 Å². The summed E-state index contributed by atoms with van der Waals surface area (Å²) in [6, 6.07) is 17.2. The van der Waals surface area contributed by atoms with Crippen LogP contribution in [0, 0.1) is 0 Å². The van der Waals surface area contributed by atoms with E-state index in [1.807, 2.05) is 59.2 Å². The van der Waals surface area contributed by atoms with Gasteiger partial charge >= 0.3 is 0 Å². The van der Waals surface area contributed by atoms with E-state index in [4.69, 9.17) is 11.6 Å². The van der Waals surface area contributed by atoms with Crippen molar-refractivity contribution < 1.29 is 4.79 Å². The van der Waals surface area contributed by atoms with E-state index >= 15 is 0 Å². The van der Waals surface area contributed by atoms with E-state index in [0.717, 1.165) is 16.9 Å². The molecule has 23 heavy (non-hydrogen) atoms. The Bertz CT molecular complexity index is 862. The monoisotopic (exact) mass is 389 g/mol. The Kier molecular flexibility index (Phi) is 4.50. The van der Waals surface area contributed by atoms with E-state index in [2.05, 4.69) is 26.2 Å². The number of aromatic nitrogens is 2. The third-order valence-electron chi connectivity index (χ3n) is 3.27. The van der Waals surface area contributed by atoms with Crippen molar-refractivity contribution in [1.29, 1.82) is 0 Å². The summed E-state index contributed by atoms with van der Waals surface area (Å²) < 4.78 is 2.49. The maximum absolute atomic E-state index is 11.5. The Morgan fingerprint density at radius 3 is 2.43 bits per heavy atom. The first-order valence-electron chi connectivity index (χ1n) is 6.94. The maximum atomic E-state index is 11.5. The number of imidazole rings is 1. The molecule has 0 spiro atoms. The average Bonchev–Trinajstić information content (AvgIpc) is 2.84. The largest absolute Gasteiger partial charge is 0.309 e. The highest BCUT2D eigenvalue weighted by atomic mass is 79.9. The van der Waals surface area contributed by atoms with E-state index in [9.17, 15) is 4.79 Å². The van der Waals surface area contributed by atoms with Gasteiger partial charge in [-0.1, -0.05) is 48.0 Å². The van der Waals surface area contributed by atoms with Crippen molar-refractivity contribution >= 4 is 39.3 Å². The number of nitrogens with zero attached hydrogens (tertiary/aromatic N) is 2. The van der Waals surface area contributed by atoms with Crippen LogP contribution in [-0.4, -0.2) is 15.5 Å². The zero-order valence-corrected chi connectivity index (χ0v) is 14.6. The molecule has 4 nitrogen and oxygen atoms in total. The molecule has 0 radical (unpaired) electrons. The summed E-state index contributed by atoms with van der Waals surface area (Å²) in [5.74, 6) is 0.268. The summed E-state index contributed by atoms with van der Waals surface area (Å²) in [6.07, 6.45) is 0. The summed E-state index contributed by atoms with van der Waals surface area (Å²) in [4.78, 5) is 16.0. The highest BCUT2D eigenvalue weighted by Gasteiger charge is 2.21. The standard InChI is InChI=1S/C17H13BrClN3O/c1-11(23)20-16-15(13-9-5-6-10-14(13)19)22(17(18)21-16)12-7-3-2-4-8-12/h2-10H,1H3,(H,20,23).